The molecule has 1 aromatic rings. The van der Waals surface area contributed by atoms with Crippen molar-refractivity contribution in [2.24, 2.45) is 0 Å². The van der Waals surface area contributed by atoms with Crippen molar-refractivity contribution in [1.29, 1.82) is 0 Å². The summed E-state index contributed by atoms with van der Waals surface area (Å²) in [5.41, 5.74) is -0.503. The zero-order valence-electron chi connectivity index (χ0n) is 10.4. The number of nitro benzene ring substituents is 1. The van der Waals surface area contributed by atoms with E-state index in [1.807, 2.05) is 0 Å². The minimum Gasteiger partial charge on any atom is -0.460 e. The summed E-state index contributed by atoms with van der Waals surface area (Å²) >= 11 is 5.76. The van der Waals surface area contributed by atoms with Crippen LogP contribution in [0.3, 0.4) is 0 Å². The Kier molecular flexibility index (Phi) is 4.29. The van der Waals surface area contributed by atoms with Gasteiger partial charge in [-0.1, -0.05) is 11.6 Å². The van der Waals surface area contributed by atoms with Crippen molar-refractivity contribution < 1.29 is 14.5 Å². The first-order chi connectivity index (χ1) is 8.19. The number of hydrogen-bond acceptors (Lipinski definition) is 4. The van der Waals surface area contributed by atoms with Gasteiger partial charge in [0.15, 0.2) is 0 Å². The summed E-state index contributed by atoms with van der Waals surface area (Å²) < 4.78 is 5.11. The van der Waals surface area contributed by atoms with E-state index in [0.717, 1.165) is 0 Å². The molecule has 0 radical (unpaired) electrons. The molecule has 0 unspecified atom stereocenters. The van der Waals surface area contributed by atoms with Crippen LogP contribution in [0.4, 0.5) is 5.69 Å². The molecule has 0 aliphatic heterocycles. The third kappa shape index (κ3) is 4.33. The lowest BCUT2D eigenvalue weighted by atomic mass is 10.1. The predicted molar refractivity (Wildman–Crippen MR) is 67.7 cm³/mol. The lowest BCUT2D eigenvalue weighted by Gasteiger charge is -2.19. The average Bonchev–Trinajstić information content (AvgIpc) is 2.13. The second-order valence-electron chi connectivity index (χ2n) is 4.79. The fraction of sp³-hybridized carbons (Fsp3) is 0.417. The maximum atomic E-state index is 11.6. The topological polar surface area (TPSA) is 69.4 Å². The van der Waals surface area contributed by atoms with Gasteiger partial charge < -0.3 is 4.74 Å². The molecule has 18 heavy (non-hydrogen) atoms. The third-order valence-electron chi connectivity index (χ3n) is 1.99. The molecule has 0 fully saturated rings. The van der Waals surface area contributed by atoms with E-state index in [0.29, 0.717) is 5.02 Å². The molecular formula is C12H14ClNO4. The molecule has 0 saturated carbocycles. The summed E-state index contributed by atoms with van der Waals surface area (Å²) in [5, 5.41) is 11.2. The van der Waals surface area contributed by atoms with E-state index in [9.17, 15) is 14.9 Å². The second kappa shape index (κ2) is 5.35. The van der Waals surface area contributed by atoms with Crippen molar-refractivity contribution >= 4 is 23.3 Å². The zero-order chi connectivity index (χ0) is 13.9. The number of carbonyl (C=O) groups is 1. The smallest absolute Gasteiger partial charge is 0.311 e. The minimum absolute atomic E-state index is 0.134. The van der Waals surface area contributed by atoms with Crippen LogP contribution in [0.25, 0.3) is 0 Å². The fourth-order valence-corrected chi connectivity index (χ4v) is 1.60. The largest absolute Gasteiger partial charge is 0.460 e. The molecule has 6 heteroatoms. The van der Waals surface area contributed by atoms with Gasteiger partial charge in [0.1, 0.15) is 5.60 Å². The predicted octanol–water partition coefficient (Wildman–Crippen LogP) is 3.13. The number of halogens is 1. The molecule has 0 N–H and O–H groups in total. The van der Waals surface area contributed by atoms with Gasteiger partial charge in [-0.2, -0.15) is 0 Å². The van der Waals surface area contributed by atoms with Crippen LogP contribution in [0, 0.1) is 10.1 Å². The molecule has 0 amide bonds. The number of carbonyl (C=O) groups excluding carboxylic acids is 1. The lowest BCUT2D eigenvalue weighted by molar-refractivity contribution is -0.385. The van der Waals surface area contributed by atoms with Crippen molar-refractivity contribution in [3.63, 3.8) is 0 Å². The number of esters is 1. The molecule has 0 bridgehead atoms. The van der Waals surface area contributed by atoms with Gasteiger partial charge in [-0.3, -0.25) is 14.9 Å². The number of ether oxygens (including phenoxy) is 1. The zero-order valence-corrected chi connectivity index (χ0v) is 11.2. The molecule has 0 aromatic heterocycles. The van der Waals surface area contributed by atoms with E-state index in [-0.39, 0.29) is 17.7 Å². The molecule has 0 aliphatic carbocycles. The highest BCUT2D eigenvalue weighted by molar-refractivity contribution is 6.30. The van der Waals surface area contributed by atoms with Crippen molar-refractivity contribution in [3.8, 4) is 0 Å². The van der Waals surface area contributed by atoms with Crippen LogP contribution in [0.2, 0.25) is 5.02 Å². The van der Waals surface area contributed by atoms with Crippen LogP contribution >= 0.6 is 11.6 Å². The highest BCUT2D eigenvalue weighted by Crippen LogP contribution is 2.24. The first-order valence-electron chi connectivity index (χ1n) is 5.34. The van der Waals surface area contributed by atoms with E-state index in [1.54, 1.807) is 20.8 Å². The van der Waals surface area contributed by atoms with E-state index in [1.165, 1.54) is 18.2 Å². The molecule has 0 spiro atoms. The van der Waals surface area contributed by atoms with Gasteiger partial charge in [0.25, 0.3) is 5.69 Å². The summed E-state index contributed by atoms with van der Waals surface area (Å²) in [5.74, 6) is -0.520. The second-order valence-corrected chi connectivity index (χ2v) is 5.23. The highest BCUT2D eigenvalue weighted by Gasteiger charge is 2.21. The van der Waals surface area contributed by atoms with Gasteiger partial charge in [-0.15, -0.1) is 0 Å². The van der Waals surface area contributed by atoms with E-state index in [2.05, 4.69) is 0 Å². The molecule has 1 rings (SSSR count). The summed E-state index contributed by atoms with van der Waals surface area (Å²) in [6.45, 7) is 5.20. The summed E-state index contributed by atoms with van der Waals surface area (Å²) in [7, 11) is 0. The van der Waals surface area contributed by atoms with E-state index in [4.69, 9.17) is 16.3 Å². The van der Waals surface area contributed by atoms with Crippen molar-refractivity contribution in [2.75, 3.05) is 0 Å². The Morgan fingerprint density at radius 1 is 1.44 bits per heavy atom. The van der Waals surface area contributed by atoms with Crippen molar-refractivity contribution in [2.45, 2.75) is 32.8 Å². The quantitative estimate of drug-likeness (QED) is 0.481. The first kappa shape index (κ1) is 14.4. The summed E-state index contributed by atoms with van der Waals surface area (Å²) in [6, 6.07) is 4.10. The maximum Gasteiger partial charge on any atom is 0.311 e. The molecule has 98 valence electrons. The Morgan fingerprint density at radius 3 is 2.56 bits per heavy atom. The van der Waals surface area contributed by atoms with Gasteiger partial charge in [0.2, 0.25) is 0 Å². The fourth-order valence-electron chi connectivity index (χ4n) is 1.41. The molecule has 0 saturated heterocycles. The Labute approximate surface area is 110 Å². The van der Waals surface area contributed by atoms with Crippen LogP contribution in [-0.4, -0.2) is 16.5 Å². The Morgan fingerprint density at radius 2 is 2.06 bits per heavy atom. The Bertz CT molecular complexity index is 479. The number of nitrogens with zero attached hydrogens (tertiary/aromatic N) is 1. The standard InChI is InChI=1S/C12H14ClNO4/c1-12(2,3)18-11(15)7-8-6-9(13)4-5-10(8)14(16)17/h4-6H,7H2,1-3H3. The van der Waals surface area contributed by atoms with Crippen molar-refractivity contribution in [3.05, 3.63) is 38.9 Å². The van der Waals surface area contributed by atoms with Crippen LogP contribution in [0.15, 0.2) is 18.2 Å². The number of rotatable bonds is 3. The van der Waals surface area contributed by atoms with Crippen LogP contribution < -0.4 is 0 Å². The monoisotopic (exact) mass is 271 g/mol. The van der Waals surface area contributed by atoms with Gasteiger partial charge in [0.05, 0.1) is 11.3 Å². The lowest BCUT2D eigenvalue weighted by Crippen LogP contribution is -2.25. The molecule has 0 heterocycles. The Balaban J connectivity index is 2.93. The summed E-state index contributed by atoms with van der Waals surface area (Å²) in [6.07, 6.45) is -0.172. The maximum absolute atomic E-state index is 11.6. The minimum atomic E-state index is -0.621. The molecular weight excluding hydrogens is 258 g/mol. The van der Waals surface area contributed by atoms with Gasteiger partial charge >= 0.3 is 5.97 Å². The van der Waals surface area contributed by atoms with Crippen LogP contribution in [0.5, 0.6) is 0 Å². The molecule has 0 aliphatic rings. The average molecular weight is 272 g/mol. The van der Waals surface area contributed by atoms with Gasteiger partial charge in [-0.25, -0.2) is 0 Å². The van der Waals surface area contributed by atoms with Crippen LogP contribution in [0.1, 0.15) is 26.3 Å². The van der Waals surface area contributed by atoms with E-state index < -0.39 is 16.5 Å². The highest BCUT2D eigenvalue weighted by atomic mass is 35.5. The summed E-state index contributed by atoms with van der Waals surface area (Å²) in [4.78, 5) is 21.9. The third-order valence-corrected chi connectivity index (χ3v) is 2.23. The Hall–Kier alpha value is -1.62. The molecule has 5 nitrogen and oxygen atoms in total. The first-order valence-corrected chi connectivity index (χ1v) is 5.71. The number of benzene rings is 1. The van der Waals surface area contributed by atoms with Crippen molar-refractivity contribution in [1.82, 2.24) is 0 Å². The van der Waals surface area contributed by atoms with Crippen LogP contribution in [-0.2, 0) is 16.0 Å². The van der Waals surface area contributed by atoms with E-state index >= 15 is 0 Å². The number of nitro groups is 1. The number of hydrogen-bond donors (Lipinski definition) is 0. The normalized spacial score (nSPS) is 11.1. The van der Waals surface area contributed by atoms with Gasteiger partial charge in [-0.05, 0) is 32.9 Å². The molecule has 1 aromatic carbocycles. The SMILES string of the molecule is CC(C)(C)OC(=O)Cc1cc(Cl)ccc1[N+](=O)[O-]. The van der Waals surface area contributed by atoms with Gasteiger partial charge in [0, 0.05) is 16.7 Å². The molecule has 0 atom stereocenters.